The van der Waals surface area contributed by atoms with E-state index >= 15 is 26.3 Å². The molecule has 0 bridgehead atoms. The maximum absolute atomic E-state index is 17.6. The van der Waals surface area contributed by atoms with Gasteiger partial charge in [-0.25, -0.2) is 26.3 Å². The zero-order chi connectivity index (χ0) is 76.4. The van der Waals surface area contributed by atoms with Crippen molar-refractivity contribution in [3.63, 3.8) is 0 Å². The predicted molar refractivity (Wildman–Crippen MR) is 440 cm³/mol. The Hall–Kier alpha value is -14.2. The molecule has 0 amide bonds. The van der Waals surface area contributed by atoms with Crippen LogP contribution in [0.4, 0.5) is 60.5 Å². The quantitative estimate of drug-likeness (QED) is 0.0900. The van der Waals surface area contributed by atoms with Crippen LogP contribution in [0.15, 0.2) is 365 Å². The van der Waals surface area contributed by atoms with Gasteiger partial charge in [0.05, 0.1) is 27.6 Å². The number of rotatable bonds is 16. The lowest BCUT2D eigenvalue weighted by Crippen LogP contribution is -2.29. The van der Waals surface area contributed by atoms with Gasteiger partial charge < -0.3 is 19.3 Å². The Morgan fingerprint density at radius 2 is 0.478 bits per heavy atom. The normalized spacial score (nSPS) is 16.1. The van der Waals surface area contributed by atoms with Crippen molar-refractivity contribution in [1.82, 2.24) is 0 Å². The molecular formula is C103H64F6N2O2. The van der Waals surface area contributed by atoms with Gasteiger partial charge in [-0.3, -0.25) is 0 Å². The van der Waals surface area contributed by atoms with Crippen LogP contribution in [0.5, 0.6) is 23.0 Å². The van der Waals surface area contributed by atoms with E-state index in [-0.39, 0.29) is 11.4 Å². The van der Waals surface area contributed by atoms with Crippen molar-refractivity contribution >= 4 is 46.3 Å². The van der Waals surface area contributed by atoms with Gasteiger partial charge >= 0.3 is 0 Å². The Bertz CT molecular complexity index is 6160. The fourth-order valence-electron chi connectivity index (χ4n) is 18.5. The number of fused-ring (bicyclic) bond motifs is 16. The summed E-state index contributed by atoms with van der Waals surface area (Å²) in [5, 5.41) is 0. The van der Waals surface area contributed by atoms with Gasteiger partial charge in [-0.15, -0.1) is 0 Å². The van der Waals surface area contributed by atoms with Crippen molar-refractivity contribution in [3.05, 3.63) is 478 Å². The Labute approximate surface area is 649 Å². The third-order valence-corrected chi connectivity index (χ3v) is 23.3. The Morgan fingerprint density at radius 1 is 0.230 bits per heavy atom. The highest BCUT2D eigenvalue weighted by Gasteiger charge is 2.54. The van der Waals surface area contributed by atoms with Crippen LogP contribution in [-0.2, 0) is 16.2 Å². The summed E-state index contributed by atoms with van der Waals surface area (Å²) >= 11 is 0. The van der Waals surface area contributed by atoms with Gasteiger partial charge in [0.2, 0.25) is 0 Å². The fraction of sp³-hybridized carbons (Fsp3) is 0.0291. The first-order valence-electron chi connectivity index (χ1n) is 37.4. The van der Waals surface area contributed by atoms with Crippen molar-refractivity contribution in [3.8, 4) is 67.5 Å². The average molecular weight is 1480 g/mol. The molecule has 1 spiro atoms. The third kappa shape index (κ3) is 10.5. The molecule has 10 heteroatoms. The van der Waals surface area contributed by atoms with Crippen LogP contribution < -0.4 is 19.3 Å². The summed E-state index contributed by atoms with van der Waals surface area (Å²) in [6.45, 7) is 7.80. The van der Waals surface area contributed by atoms with Gasteiger partial charge in [-0.2, -0.15) is 0 Å². The van der Waals surface area contributed by atoms with Gasteiger partial charge in [0.1, 0.15) is 57.9 Å². The fourth-order valence-corrected chi connectivity index (χ4v) is 18.5. The molecule has 4 aliphatic carbocycles. The molecular weight excluding hydrogens is 1410 g/mol. The summed E-state index contributed by atoms with van der Waals surface area (Å²) in [4.78, 5) is 3.69. The van der Waals surface area contributed by atoms with Gasteiger partial charge in [-0.05, 0) is 268 Å². The summed E-state index contributed by atoms with van der Waals surface area (Å²) < 4.78 is 110. The van der Waals surface area contributed by atoms with Crippen molar-refractivity contribution in [2.45, 2.75) is 16.2 Å². The summed E-state index contributed by atoms with van der Waals surface area (Å²) in [5.74, 6) is -1.42. The summed E-state index contributed by atoms with van der Waals surface area (Å²) in [6.07, 6.45) is 3.55. The molecule has 20 rings (SSSR count). The van der Waals surface area contributed by atoms with E-state index < -0.39 is 51.1 Å². The molecule has 2 unspecified atom stereocenters. The number of ether oxygens (including phenoxy) is 2. The number of hydrogen-bond acceptors (Lipinski definition) is 4. The monoisotopic (exact) mass is 1470 g/mol. The number of benzene rings is 16. The van der Waals surface area contributed by atoms with Crippen LogP contribution in [0.1, 0.15) is 77.9 Å². The number of hydrogen-bond donors (Lipinski definition) is 0. The van der Waals surface area contributed by atoms with Gasteiger partial charge in [0, 0.05) is 34.9 Å². The molecule has 0 saturated carbocycles. The highest BCUT2D eigenvalue weighted by atomic mass is 19.2. The molecule has 0 aromatic heterocycles. The molecule has 16 aromatic carbocycles. The van der Waals surface area contributed by atoms with Crippen molar-refractivity contribution in [2.75, 3.05) is 9.80 Å². The molecule has 0 saturated heterocycles. The minimum atomic E-state index is -1.12. The van der Waals surface area contributed by atoms with Crippen LogP contribution in [-0.4, -0.2) is 0 Å². The third-order valence-electron chi connectivity index (χ3n) is 23.3. The van der Waals surface area contributed by atoms with E-state index in [1.807, 2.05) is 204 Å². The smallest absolute Gasteiger partial charge is 0.150 e. The van der Waals surface area contributed by atoms with E-state index in [2.05, 4.69) is 110 Å². The molecule has 113 heavy (non-hydrogen) atoms. The van der Waals surface area contributed by atoms with Gasteiger partial charge in [0.25, 0.3) is 0 Å². The standard InChI is InChI=1S/C103H64F6N2O2/c1-3-63-21-43-77(44-22-63)112-79-47-29-67(30-48-79)101(65-25-33-69(104)34-26-65)89-17-9-5-13-81(89)85-51-39-73(59-93(85)101)110(99-55-37-71(106)57-97(99)108)75-41-53-87-83-15-7-11-19-91(83)103(95(87)61-75)92-20-12-8-16-84(92)88-54-42-76(62-96(88)103)111(100-56-38-72(107)58-98(100)109)74-40-52-86-82-14-6-10-18-90(82)102(94(86)60-74,66-27-35-70(105)36-28-66)68-31-49-80(50-32-68)113-78-45-23-64(4-2)24-46-78/h3-62H,1-2H2. The van der Waals surface area contributed by atoms with Gasteiger partial charge in [0.15, 0.2) is 0 Å². The van der Waals surface area contributed by atoms with Gasteiger partial charge in [-0.1, -0.05) is 219 Å². The number of anilines is 6. The average Bonchev–Trinajstić information content (AvgIpc) is 1.48. The Kier molecular flexibility index (Phi) is 16.0. The molecule has 0 N–H and O–H groups in total. The second-order valence-corrected chi connectivity index (χ2v) is 29.0. The maximum Gasteiger partial charge on any atom is 0.150 e. The first-order valence-corrected chi connectivity index (χ1v) is 37.4. The van der Waals surface area contributed by atoms with Crippen LogP contribution >= 0.6 is 0 Å². The zero-order valence-electron chi connectivity index (χ0n) is 60.5. The number of halogens is 6. The van der Waals surface area contributed by atoms with E-state index in [0.717, 1.165) is 135 Å². The lowest BCUT2D eigenvalue weighted by atomic mass is 9.67. The summed E-state index contributed by atoms with van der Waals surface area (Å²) in [7, 11) is 0. The molecule has 0 radical (unpaired) electrons. The second kappa shape index (κ2) is 26.5. The molecule has 540 valence electrons. The zero-order valence-corrected chi connectivity index (χ0v) is 60.5. The molecule has 0 fully saturated rings. The van der Waals surface area contributed by atoms with Crippen molar-refractivity contribution in [2.24, 2.45) is 0 Å². The maximum atomic E-state index is 17.6. The lowest BCUT2D eigenvalue weighted by Gasteiger charge is -2.35. The lowest BCUT2D eigenvalue weighted by molar-refractivity contribution is 0.482. The Morgan fingerprint density at radius 3 is 0.770 bits per heavy atom. The second-order valence-electron chi connectivity index (χ2n) is 29.0. The predicted octanol–water partition coefficient (Wildman–Crippen LogP) is 27.4. The molecule has 2 atom stereocenters. The van der Waals surface area contributed by atoms with E-state index in [9.17, 15) is 0 Å². The highest BCUT2D eigenvalue weighted by molar-refractivity contribution is 5.99. The van der Waals surface area contributed by atoms with E-state index in [4.69, 9.17) is 9.47 Å². The van der Waals surface area contributed by atoms with Crippen molar-refractivity contribution < 1.29 is 35.8 Å². The SMILES string of the molecule is C=Cc1ccc(Oc2ccc(C3(c4ccc(F)cc4)c4ccccc4-c4ccc(N(c5ccc6c(c5)C5(c7ccccc7-6)c6ccccc6-c6ccc(N(c7ccc8c(c7)C(c7ccc(F)cc7)(c7ccc(Oc9ccc(C=C)cc9)cc7)c7ccccc7-8)c7ccc(F)cc7F)cc65)c5ccc(F)cc5F)cc43)cc2)cc1. The molecule has 4 aliphatic rings. The van der Waals surface area contributed by atoms with E-state index in [1.165, 1.54) is 48.5 Å². The summed E-state index contributed by atoms with van der Waals surface area (Å²) in [6, 6.07) is 109. The first kappa shape index (κ1) is 68.1. The minimum Gasteiger partial charge on any atom is -0.457 e. The highest BCUT2D eigenvalue weighted by Crippen LogP contribution is 2.66. The molecule has 4 nitrogen and oxygen atoms in total. The van der Waals surface area contributed by atoms with Crippen LogP contribution in [0.25, 0.3) is 56.7 Å². The number of nitrogens with zero attached hydrogens (tertiary/aromatic N) is 2. The minimum absolute atomic E-state index is 0.0746. The molecule has 0 aliphatic heterocycles. The first-order chi connectivity index (χ1) is 55.3. The van der Waals surface area contributed by atoms with Crippen LogP contribution in [0, 0.1) is 34.9 Å². The van der Waals surface area contributed by atoms with E-state index in [0.29, 0.717) is 45.7 Å². The topological polar surface area (TPSA) is 24.9 Å². The van der Waals surface area contributed by atoms with Crippen LogP contribution in [0.2, 0.25) is 0 Å². The molecule has 16 aromatic rings. The van der Waals surface area contributed by atoms with E-state index in [1.54, 1.807) is 12.2 Å². The summed E-state index contributed by atoms with van der Waals surface area (Å²) in [5.41, 5.74) is 18.9. The Balaban J connectivity index is 0.773. The van der Waals surface area contributed by atoms with Crippen molar-refractivity contribution in [1.29, 1.82) is 0 Å². The van der Waals surface area contributed by atoms with Crippen LogP contribution in [0.3, 0.4) is 0 Å². The largest absolute Gasteiger partial charge is 0.457 e. The molecule has 0 heterocycles.